The van der Waals surface area contributed by atoms with Gasteiger partial charge in [-0.25, -0.2) is 17.6 Å². The number of thiophene rings is 2. The maximum absolute atomic E-state index is 14.3. The molecule has 0 amide bonds. The molecule has 0 aliphatic heterocycles. The van der Waals surface area contributed by atoms with Crippen LogP contribution in [-0.4, -0.2) is 11.4 Å². The molecule has 1 N–H and O–H groups in total. The van der Waals surface area contributed by atoms with Gasteiger partial charge in [-0.1, -0.05) is 30.3 Å². The van der Waals surface area contributed by atoms with Gasteiger partial charge in [0.05, 0.1) is 16.7 Å². The molecule has 0 unspecified atom stereocenters. The van der Waals surface area contributed by atoms with E-state index < -0.39 is 28.8 Å². The fourth-order valence-corrected chi connectivity index (χ4v) is 5.53. The maximum atomic E-state index is 14.3. The van der Waals surface area contributed by atoms with Crippen LogP contribution in [0.2, 0.25) is 0 Å². The lowest BCUT2D eigenvalue weighted by Gasteiger charge is -2.04. The third kappa shape index (κ3) is 5.22. The molecule has 2 heterocycles. The van der Waals surface area contributed by atoms with Gasteiger partial charge in [0.2, 0.25) is 0 Å². The number of nitrogens with zero attached hydrogens (tertiary/aromatic N) is 1. The largest absolute Gasteiger partial charge is 0.411 e. The second-order valence-corrected chi connectivity index (χ2v) is 9.59. The minimum atomic E-state index is -0.876. The fourth-order valence-electron chi connectivity index (χ4n) is 3.36. The zero-order valence-electron chi connectivity index (χ0n) is 17.8. The second-order valence-electron chi connectivity index (χ2n) is 7.39. The molecule has 0 radical (unpaired) electrons. The molecule has 2 aromatic carbocycles. The molecular formula is C26H17F4NOS2. The first-order valence-electron chi connectivity index (χ1n) is 10.3. The van der Waals surface area contributed by atoms with Crippen LogP contribution >= 0.6 is 22.7 Å². The Kier molecular flexibility index (Phi) is 7.15. The van der Waals surface area contributed by atoms with Crippen LogP contribution in [0.4, 0.5) is 17.6 Å². The zero-order valence-corrected chi connectivity index (χ0v) is 19.5. The molecule has 0 saturated heterocycles. The predicted octanol–water partition coefficient (Wildman–Crippen LogP) is 7.85. The van der Waals surface area contributed by atoms with Crippen LogP contribution in [0.1, 0.15) is 45.4 Å². The molecule has 0 aliphatic rings. The molecule has 172 valence electrons. The van der Waals surface area contributed by atoms with E-state index in [-0.39, 0.29) is 11.1 Å². The van der Waals surface area contributed by atoms with E-state index in [4.69, 9.17) is 5.21 Å². The van der Waals surface area contributed by atoms with Crippen molar-refractivity contribution in [1.29, 1.82) is 0 Å². The van der Waals surface area contributed by atoms with Gasteiger partial charge >= 0.3 is 0 Å². The molecule has 0 atom stereocenters. The molecule has 34 heavy (non-hydrogen) atoms. The Labute approximate surface area is 201 Å². The molecule has 2 aromatic heterocycles. The van der Waals surface area contributed by atoms with Crippen molar-refractivity contribution in [3.63, 3.8) is 0 Å². The van der Waals surface area contributed by atoms with Gasteiger partial charge < -0.3 is 5.21 Å². The lowest BCUT2D eigenvalue weighted by atomic mass is 10.1. The molecule has 4 rings (SSSR count). The van der Waals surface area contributed by atoms with Crippen molar-refractivity contribution < 1.29 is 22.8 Å². The lowest BCUT2D eigenvalue weighted by molar-refractivity contribution is 0.321. The number of hydrogen-bond donors (Lipinski definition) is 1. The van der Waals surface area contributed by atoms with Crippen LogP contribution in [0.25, 0.3) is 21.6 Å². The number of aryl methyl sites for hydroxylation is 1. The Morgan fingerprint density at radius 2 is 1.47 bits per heavy atom. The van der Waals surface area contributed by atoms with E-state index in [1.54, 1.807) is 6.08 Å². The summed E-state index contributed by atoms with van der Waals surface area (Å²) in [5.74, 6) is 2.70. The van der Waals surface area contributed by atoms with Crippen LogP contribution in [0.15, 0.2) is 41.6 Å². The lowest BCUT2D eigenvalue weighted by Crippen LogP contribution is -1.95. The van der Waals surface area contributed by atoms with E-state index in [0.717, 1.165) is 32.8 Å². The standard InChI is InChI=1S/C26H17F4NOS2/c1-2-3-15-8-21(27)19(22(28)9-15)7-6-18-13-26-25(34-18)12-17(33-26)5-4-16-10-23(29)20(14-31-32)24(30)11-16/h6-14,32H,2-3H2,1H3/b7-6+,31-14+. The van der Waals surface area contributed by atoms with Crippen molar-refractivity contribution in [2.45, 2.75) is 19.8 Å². The van der Waals surface area contributed by atoms with E-state index in [2.05, 4.69) is 17.0 Å². The van der Waals surface area contributed by atoms with Gasteiger partial charge in [-0.3, -0.25) is 0 Å². The van der Waals surface area contributed by atoms with Gasteiger partial charge in [-0.2, -0.15) is 0 Å². The average Bonchev–Trinajstić information content (AvgIpc) is 3.33. The molecule has 0 bridgehead atoms. The van der Waals surface area contributed by atoms with E-state index in [1.807, 2.05) is 19.1 Å². The third-order valence-electron chi connectivity index (χ3n) is 4.91. The first kappa shape index (κ1) is 23.7. The summed E-state index contributed by atoms with van der Waals surface area (Å²) in [4.78, 5) is 1.55. The summed E-state index contributed by atoms with van der Waals surface area (Å²) in [6, 6.07) is 8.63. The highest BCUT2D eigenvalue weighted by atomic mass is 32.1. The van der Waals surface area contributed by atoms with Crippen molar-refractivity contribution in [3.8, 4) is 11.8 Å². The monoisotopic (exact) mass is 499 g/mol. The van der Waals surface area contributed by atoms with Crippen LogP contribution in [-0.2, 0) is 6.42 Å². The Hall–Kier alpha value is -3.41. The van der Waals surface area contributed by atoms with Crippen molar-refractivity contribution in [2.75, 3.05) is 0 Å². The number of benzene rings is 2. The van der Waals surface area contributed by atoms with E-state index in [9.17, 15) is 17.6 Å². The minimum Gasteiger partial charge on any atom is -0.411 e. The number of rotatable bonds is 5. The molecule has 0 saturated carbocycles. The van der Waals surface area contributed by atoms with Crippen molar-refractivity contribution in [3.05, 3.63) is 91.7 Å². The number of oxime groups is 1. The molecule has 2 nitrogen and oxygen atoms in total. The summed E-state index contributed by atoms with van der Waals surface area (Å²) >= 11 is 2.85. The SMILES string of the molecule is CCCc1cc(F)c(/C=C/c2cc3sc(C#Cc4cc(F)c(/C=N/O)c(F)c4)cc3s2)c(F)c1. The molecular weight excluding hydrogens is 482 g/mol. The Balaban J connectivity index is 1.53. The first-order chi connectivity index (χ1) is 16.4. The molecule has 4 aromatic rings. The highest BCUT2D eigenvalue weighted by molar-refractivity contribution is 7.28. The van der Waals surface area contributed by atoms with Crippen LogP contribution in [0, 0.1) is 35.1 Å². The third-order valence-corrected chi connectivity index (χ3v) is 7.09. The van der Waals surface area contributed by atoms with Crippen molar-refractivity contribution >= 4 is 50.4 Å². The Bertz CT molecular complexity index is 1410. The summed E-state index contributed by atoms with van der Waals surface area (Å²) in [5, 5.41) is 11.1. The predicted molar refractivity (Wildman–Crippen MR) is 131 cm³/mol. The summed E-state index contributed by atoms with van der Waals surface area (Å²) in [7, 11) is 0. The molecule has 0 aliphatic carbocycles. The van der Waals surface area contributed by atoms with Gasteiger partial charge in [-0.05, 0) is 60.5 Å². The highest BCUT2D eigenvalue weighted by Crippen LogP contribution is 2.34. The van der Waals surface area contributed by atoms with Crippen molar-refractivity contribution in [2.24, 2.45) is 5.16 Å². The summed E-state index contributed by atoms with van der Waals surface area (Å²) in [6.45, 7) is 1.95. The van der Waals surface area contributed by atoms with Gasteiger partial charge in [-0.15, -0.1) is 22.7 Å². The van der Waals surface area contributed by atoms with Crippen LogP contribution < -0.4 is 0 Å². The number of hydrogen-bond acceptors (Lipinski definition) is 4. The molecule has 0 spiro atoms. The van der Waals surface area contributed by atoms with Gasteiger partial charge in [0.1, 0.15) is 23.3 Å². The Morgan fingerprint density at radius 1 is 0.824 bits per heavy atom. The topological polar surface area (TPSA) is 32.6 Å². The second kappa shape index (κ2) is 10.2. The smallest absolute Gasteiger partial charge is 0.136 e. The number of halogens is 4. The fraction of sp³-hybridized carbons (Fsp3) is 0.115. The maximum Gasteiger partial charge on any atom is 0.136 e. The van der Waals surface area contributed by atoms with Crippen LogP contribution in [0.5, 0.6) is 0 Å². The minimum absolute atomic E-state index is 0.0705. The van der Waals surface area contributed by atoms with Crippen LogP contribution in [0.3, 0.4) is 0 Å². The van der Waals surface area contributed by atoms with Crippen molar-refractivity contribution in [1.82, 2.24) is 0 Å². The summed E-state index contributed by atoms with van der Waals surface area (Å²) in [6.07, 6.45) is 5.23. The molecule has 0 fully saturated rings. The van der Waals surface area contributed by atoms with E-state index in [1.165, 1.54) is 40.9 Å². The normalized spacial score (nSPS) is 11.6. The zero-order chi connectivity index (χ0) is 24.2. The highest BCUT2D eigenvalue weighted by Gasteiger charge is 2.11. The van der Waals surface area contributed by atoms with Gasteiger partial charge in [0.25, 0.3) is 0 Å². The Morgan fingerprint density at radius 3 is 2.09 bits per heavy atom. The van der Waals surface area contributed by atoms with Gasteiger partial charge in [0.15, 0.2) is 0 Å². The summed E-state index contributed by atoms with van der Waals surface area (Å²) < 4.78 is 58.3. The summed E-state index contributed by atoms with van der Waals surface area (Å²) in [5.41, 5.74) is 0.278. The molecule has 8 heteroatoms. The average molecular weight is 500 g/mol. The number of fused-ring (bicyclic) bond motifs is 1. The quantitative estimate of drug-likeness (QED) is 0.0980. The first-order valence-corrected chi connectivity index (χ1v) is 11.9. The van der Waals surface area contributed by atoms with Gasteiger partial charge in [0, 0.05) is 25.4 Å². The van der Waals surface area contributed by atoms with E-state index >= 15 is 0 Å². The van der Waals surface area contributed by atoms with E-state index in [0.29, 0.717) is 23.1 Å².